The molecule has 268 valence electrons. The van der Waals surface area contributed by atoms with Gasteiger partial charge in [-0.15, -0.1) is 13.2 Å². The molecule has 0 bridgehead atoms. The molecule has 2 amide bonds. The normalized spacial score (nSPS) is 19.7. The minimum atomic E-state index is -4.84. The van der Waals surface area contributed by atoms with Crippen molar-refractivity contribution in [3.05, 3.63) is 88.8 Å². The van der Waals surface area contributed by atoms with E-state index in [2.05, 4.69) is 37.3 Å². The van der Waals surface area contributed by atoms with Crippen molar-refractivity contribution in [1.29, 1.82) is 0 Å². The topological polar surface area (TPSA) is 95.9 Å². The van der Waals surface area contributed by atoms with E-state index in [1.807, 2.05) is 24.3 Å². The number of alkyl halides is 3. The highest BCUT2D eigenvalue weighted by molar-refractivity contribution is 6.01. The Morgan fingerprint density at radius 2 is 1.51 bits per heavy atom. The average molecular weight is 702 g/mol. The zero-order chi connectivity index (χ0) is 35.7. The van der Waals surface area contributed by atoms with Gasteiger partial charge in [-0.2, -0.15) is 0 Å². The molecule has 2 N–H and O–H groups in total. The number of anilines is 2. The van der Waals surface area contributed by atoms with Crippen molar-refractivity contribution in [2.45, 2.75) is 57.5 Å². The molecule has 3 fully saturated rings. The van der Waals surface area contributed by atoms with E-state index in [-0.39, 0.29) is 23.1 Å². The molecule has 1 atom stereocenters. The number of amides is 2. The van der Waals surface area contributed by atoms with Gasteiger partial charge >= 0.3 is 6.36 Å². The van der Waals surface area contributed by atoms with Gasteiger partial charge in [0.2, 0.25) is 11.8 Å². The van der Waals surface area contributed by atoms with E-state index in [1.165, 1.54) is 10.6 Å². The number of halogens is 3. The number of piperidine rings is 3. The van der Waals surface area contributed by atoms with Crippen LogP contribution in [0.4, 0.5) is 24.5 Å². The first-order valence-corrected chi connectivity index (χ1v) is 17.7. The zero-order valence-electron chi connectivity index (χ0n) is 28.5. The van der Waals surface area contributed by atoms with Gasteiger partial charge in [0.15, 0.2) is 0 Å². The van der Waals surface area contributed by atoms with E-state index in [0.717, 1.165) is 63.2 Å². The molecular weight excluding hydrogens is 659 g/mol. The van der Waals surface area contributed by atoms with Gasteiger partial charge in [-0.25, -0.2) is 0 Å². The summed E-state index contributed by atoms with van der Waals surface area (Å²) < 4.78 is 46.9. The summed E-state index contributed by atoms with van der Waals surface area (Å²) in [5.74, 6) is 0.455. The van der Waals surface area contributed by atoms with Crippen molar-refractivity contribution in [1.82, 2.24) is 14.8 Å². The molecule has 7 rings (SSSR count). The van der Waals surface area contributed by atoms with Crippen LogP contribution in [0.5, 0.6) is 5.75 Å². The van der Waals surface area contributed by atoms with Gasteiger partial charge in [0.25, 0.3) is 5.56 Å². The molecule has 51 heavy (non-hydrogen) atoms. The van der Waals surface area contributed by atoms with Crippen LogP contribution in [-0.4, -0.2) is 59.9 Å². The Morgan fingerprint density at radius 1 is 0.843 bits per heavy atom. The third-order valence-corrected chi connectivity index (χ3v) is 10.7. The molecule has 3 saturated heterocycles. The molecule has 3 aromatic carbocycles. The number of benzene rings is 3. The van der Waals surface area contributed by atoms with E-state index in [0.29, 0.717) is 58.7 Å². The first-order chi connectivity index (χ1) is 24.5. The number of fused-ring (bicyclic) bond motifs is 1. The predicted octanol–water partition coefficient (Wildman–Crippen LogP) is 6.45. The summed E-state index contributed by atoms with van der Waals surface area (Å²) >= 11 is 0. The second kappa shape index (κ2) is 14.4. The van der Waals surface area contributed by atoms with Crippen molar-refractivity contribution in [3.63, 3.8) is 0 Å². The molecule has 0 spiro atoms. The monoisotopic (exact) mass is 701 g/mol. The number of aryl methyl sites for hydroxylation is 1. The second-order valence-electron chi connectivity index (χ2n) is 14.0. The third-order valence-electron chi connectivity index (χ3n) is 10.7. The van der Waals surface area contributed by atoms with E-state index < -0.39 is 12.4 Å². The number of pyridine rings is 1. The number of carbonyl (C=O) groups excluding carboxylic acids is 2. The van der Waals surface area contributed by atoms with E-state index in [1.54, 1.807) is 37.5 Å². The standard InChI is InChI=1S/C39H42F3N5O4/c1-45-24-33(31-4-2-3-5-32(31)38(45)50)27-6-7-28(35(22-27)51-39(40,41)42)23-46-18-14-25(15-19-46)26-16-20-47(21-17-26)30-10-8-29(9-11-30)43-34-12-13-36(48)44-37(34)49/h2-11,22,24-26,34,43H,12-21,23H2,1H3,(H,44,48,49). The minimum absolute atomic E-state index is 0.167. The van der Waals surface area contributed by atoms with Gasteiger partial charge < -0.3 is 19.5 Å². The number of nitrogens with zero attached hydrogens (tertiary/aromatic N) is 3. The highest BCUT2D eigenvalue weighted by Crippen LogP contribution is 2.37. The molecule has 0 radical (unpaired) electrons. The number of hydrogen-bond acceptors (Lipinski definition) is 7. The smallest absolute Gasteiger partial charge is 0.405 e. The molecule has 0 saturated carbocycles. The number of likely N-dealkylation sites (tertiary alicyclic amines) is 1. The quantitative estimate of drug-likeness (QED) is 0.204. The molecule has 0 aliphatic carbocycles. The maximum atomic E-state index is 13.6. The van der Waals surface area contributed by atoms with Crippen LogP contribution < -0.4 is 25.8 Å². The summed E-state index contributed by atoms with van der Waals surface area (Å²) in [6.07, 6.45) is 1.82. The number of rotatable bonds is 8. The molecule has 1 unspecified atom stereocenters. The first kappa shape index (κ1) is 34.6. The van der Waals surface area contributed by atoms with Crippen LogP contribution in [0, 0.1) is 11.8 Å². The highest BCUT2D eigenvalue weighted by Gasteiger charge is 2.34. The van der Waals surface area contributed by atoms with Gasteiger partial charge in [0.05, 0.1) is 0 Å². The molecule has 3 aliphatic heterocycles. The lowest BCUT2D eigenvalue weighted by Crippen LogP contribution is -2.47. The Balaban J connectivity index is 0.947. The van der Waals surface area contributed by atoms with Crippen LogP contribution in [0.2, 0.25) is 0 Å². The van der Waals surface area contributed by atoms with E-state index >= 15 is 0 Å². The Bertz CT molecular complexity index is 1960. The minimum Gasteiger partial charge on any atom is -0.405 e. The molecule has 12 heteroatoms. The number of imide groups is 1. The van der Waals surface area contributed by atoms with Gasteiger partial charge in [0, 0.05) is 67.2 Å². The summed E-state index contributed by atoms with van der Waals surface area (Å²) in [7, 11) is 1.64. The molecular formula is C39H42F3N5O4. The van der Waals surface area contributed by atoms with Crippen molar-refractivity contribution in [3.8, 4) is 16.9 Å². The number of nitrogens with one attached hydrogen (secondary N) is 2. The fourth-order valence-electron chi connectivity index (χ4n) is 7.97. The van der Waals surface area contributed by atoms with Crippen LogP contribution in [0.15, 0.2) is 77.7 Å². The lowest BCUT2D eigenvalue weighted by atomic mass is 9.78. The van der Waals surface area contributed by atoms with E-state index in [9.17, 15) is 27.6 Å². The van der Waals surface area contributed by atoms with Crippen LogP contribution in [0.1, 0.15) is 44.1 Å². The largest absolute Gasteiger partial charge is 0.573 e. The van der Waals surface area contributed by atoms with Crippen molar-refractivity contribution < 1.29 is 27.5 Å². The maximum absolute atomic E-state index is 13.6. The number of carbonyl (C=O) groups is 2. The molecule has 3 aliphatic rings. The average Bonchev–Trinajstić information content (AvgIpc) is 3.12. The van der Waals surface area contributed by atoms with Gasteiger partial charge in [0.1, 0.15) is 11.8 Å². The lowest BCUT2D eigenvalue weighted by Gasteiger charge is -2.41. The Hall–Kier alpha value is -4.84. The van der Waals surface area contributed by atoms with Crippen LogP contribution >= 0.6 is 0 Å². The van der Waals surface area contributed by atoms with Crippen LogP contribution in [0.3, 0.4) is 0 Å². The lowest BCUT2D eigenvalue weighted by molar-refractivity contribution is -0.275. The SMILES string of the molecule is Cn1cc(-c2ccc(CN3CCC(C4CCN(c5ccc(NC6CCC(=O)NC6=O)cc5)CC4)CC3)c(OC(F)(F)F)c2)c2ccccc2c1=O. The molecule has 9 nitrogen and oxygen atoms in total. The number of ether oxygens (including phenoxy) is 1. The molecule has 4 aromatic rings. The maximum Gasteiger partial charge on any atom is 0.573 e. The summed E-state index contributed by atoms with van der Waals surface area (Å²) in [6, 6.07) is 19.8. The van der Waals surface area contributed by atoms with E-state index in [4.69, 9.17) is 0 Å². The van der Waals surface area contributed by atoms with Crippen LogP contribution in [-0.2, 0) is 23.2 Å². The second-order valence-corrected chi connectivity index (χ2v) is 14.0. The Labute approximate surface area is 294 Å². The van der Waals surface area contributed by atoms with Crippen molar-refractivity contribution in [2.75, 3.05) is 36.4 Å². The number of hydrogen-bond donors (Lipinski definition) is 2. The summed E-state index contributed by atoms with van der Waals surface area (Å²) in [5.41, 5.74) is 3.52. The highest BCUT2D eigenvalue weighted by atomic mass is 19.4. The summed E-state index contributed by atoms with van der Waals surface area (Å²) in [5, 5.41) is 6.79. The van der Waals surface area contributed by atoms with Crippen LogP contribution in [0.25, 0.3) is 21.9 Å². The Kier molecular flexibility index (Phi) is 9.78. The van der Waals surface area contributed by atoms with Gasteiger partial charge in [-0.05, 0) is 104 Å². The molecule has 4 heterocycles. The Morgan fingerprint density at radius 3 is 2.18 bits per heavy atom. The molecule has 1 aromatic heterocycles. The zero-order valence-corrected chi connectivity index (χ0v) is 28.5. The van der Waals surface area contributed by atoms with Gasteiger partial charge in [-0.1, -0.05) is 30.3 Å². The number of aromatic nitrogens is 1. The predicted molar refractivity (Wildman–Crippen MR) is 190 cm³/mol. The summed E-state index contributed by atoms with van der Waals surface area (Å²) in [4.78, 5) is 40.8. The van der Waals surface area contributed by atoms with Crippen molar-refractivity contribution >= 4 is 34.0 Å². The summed E-state index contributed by atoms with van der Waals surface area (Å²) in [6.45, 7) is 3.90. The fourth-order valence-corrected chi connectivity index (χ4v) is 7.97. The first-order valence-electron chi connectivity index (χ1n) is 17.7. The third kappa shape index (κ3) is 7.90. The van der Waals surface area contributed by atoms with Crippen molar-refractivity contribution in [2.24, 2.45) is 18.9 Å². The fraction of sp³-hybridized carbons (Fsp3) is 0.410. The van der Waals surface area contributed by atoms with Gasteiger partial charge in [-0.3, -0.25) is 24.6 Å².